The number of anilines is 1. The van der Waals surface area contributed by atoms with Gasteiger partial charge in [-0.3, -0.25) is 4.79 Å². The van der Waals surface area contributed by atoms with E-state index in [1.54, 1.807) is 37.0 Å². The second-order valence-corrected chi connectivity index (χ2v) is 9.49. The molecule has 2 aromatic rings. The molecule has 0 bridgehead atoms. The summed E-state index contributed by atoms with van der Waals surface area (Å²) in [6.07, 6.45) is -2.04. The summed E-state index contributed by atoms with van der Waals surface area (Å²) < 4.78 is 38.6. The minimum atomic E-state index is -4.46. The maximum Gasteiger partial charge on any atom is 0.417 e. The molecule has 1 fully saturated rings. The van der Waals surface area contributed by atoms with Gasteiger partial charge in [0.25, 0.3) is 5.91 Å². The van der Waals surface area contributed by atoms with E-state index in [-0.39, 0.29) is 17.7 Å². The molecular weight excluding hydrogens is 514 g/mol. The number of amides is 1. The number of carbonyl (C=O) groups excluding carboxylic acids is 1. The first-order valence-corrected chi connectivity index (χ1v) is 11.8. The van der Waals surface area contributed by atoms with E-state index in [2.05, 4.69) is 22.0 Å². The van der Waals surface area contributed by atoms with E-state index < -0.39 is 11.7 Å². The third kappa shape index (κ3) is 6.59. The zero-order chi connectivity index (χ0) is 26.6. The number of allylic oxidation sites excluding steroid dienone is 2. The van der Waals surface area contributed by atoms with Crippen molar-refractivity contribution in [1.29, 1.82) is 0 Å². The van der Waals surface area contributed by atoms with E-state index in [0.717, 1.165) is 17.8 Å². The van der Waals surface area contributed by atoms with Gasteiger partial charge in [-0.1, -0.05) is 41.4 Å². The fourth-order valence-corrected chi connectivity index (χ4v) is 4.38. The van der Waals surface area contributed by atoms with Gasteiger partial charge >= 0.3 is 6.18 Å². The number of carbonyl (C=O) groups is 1. The Morgan fingerprint density at radius 1 is 1.25 bits per heavy atom. The van der Waals surface area contributed by atoms with Gasteiger partial charge in [-0.15, -0.1) is 0 Å². The number of hydrogen-bond acceptors (Lipinski definition) is 5. The summed E-state index contributed by atoms with van der Waals surface area (Å²) in [7, 11) is 0. The minimum Gasteiger partial charge on any atom is -0.370 e. The van der Waals surface area contributed by atoms with Crippen LogP contribution in [-0.2, 0) is 11.0 Å². The largest absolute Gasteiger partial charge is 0.417 e. The normalized spacial score (nSPS) is 18.9. The molecule has 0 aliphatic carbocycles. The van der Waals surface area contributed by atoms with Crippen LogP contribution in [0.5, 0.6) is 0 Å². The number of hydrazone groups is 1. The van der Waals surface area contributed by atoms with Crippen LogP contribution in [0.1, 0.15) is 30.9 Å². The first-order valence-electron chi connectivity index (χ1n) is 11.0. The molecule has 3 N–H and O–H groups in total. The number of nitrogens with two attached hydrogens (primary N) is 1. The van der Waals surface area contributed by atoms with Gasteiger partial charge in [0.15, 0.2) is 0 Å². The lowest BCUT2D eigenvalue weighted by molar-refractivity contribution is -0.137. The van der Waals surface area contributed by atoms with Crippen LogP contribution in [0.25, 0.3) is 0 Å². The molecule has 36 heavy (non-hydrogen) atoms. The lowest BCUT2D eigenvalue weighted by Crippen LogP contribution is -2.33. The van der Waals surface area contributed by atoms with Crippen molar-refractivity contribution in [3.8, 4) is 0 Å². The van der Waals surface area contributed by atoms with Crippen LogP contribution >= 0.6 is 23.2 Å². The number of benzene rings is 1. The molecule has 2 atom stereocenters. The van der Waals surface area contributed by atoms with Crippen LogP contribution in [-0.4, -0.2) is 41.1 Å². The molecule has 1 aromatic heterocycles. The molecule has 0 radical (unpaired) electrons. The molecular formula is C25H26Cl2F3N5O. The van der Waals surface area contributed by atoms with E-state index in [9.17, 15) is 18.0 Å². The predicted octanol–water partition coefficient (Wildman–Crippen LogP) is 5.90. The molecule has 0 saturated carbocycles. The van der Waals surface area contributed by atoms with Gasteiger partial charge in [-0.05, 0) is 49.8 Å². The standard InChI is InChI=1S/C25H26Cl2F3N5O/c1-14(2)8-19(15(3)34-31)24(36)35-12-17(20(13-35)16-4-6-21(26)22(27)9-16)10-32-23-7-5-18(11-33-23)25(28,29)30/h4-9,11,17,20H,1,10,12-13,31H2,2-3H3,(H,32,33)/b19-8+,34-15-. The van der Waals surface area contributed by atoms with Crippen molar-refractivity contribution < 1.29 is 18.0 Å². The summed E-state index contributed by atoms with van der Waals surface area (Å²) in [4.78, 5) is 19.0. The summed E-state index contributed by atoms with van der Waals surface area (Å²) in [5.74, 6) is 5.28. The zero-order valence-electron chi connectivity index (χ0n) is 19.7. The highest BCUT2D eigenvalue weighted by Gasteiger charge is 2.37. The average Bonchev–Trinajstić information content (AvgIpc) is 3.26. The fraction of sp³-hybridized carbons (Fsp3) is 0.320. The van der Waals surface area contributed by atoms with Crippen molar-refractivity contribution in [3.63, 3.8) is 0 Å². The lowest BCUT2D eigenvalue weighted by atomic mass is 9.89. The van der Waals surface area contributed by atoms with Crippen LogP contribution in [0.3, 0.4) is 0 Å². The zero-order valence-corrected chi connectivity index (χ0v) is 21.3. The Hall–Kier alpha value is -3.04. The molecule has 2 unspecified atom stereocenters. The van der Waals surface area contributed by atoms with Gasteiger partial charge in [-0.2, -0.15) is 18.3 Å². The Kier molecular flexibility index (Phi) is 8.68. The van der Waals surface area contributed by atoms with Crippen molar-refractivity contribution in [2.24, 2.45) is 16.9 Å². The number of halogens is 5. The van der Waals surface area contributed by atoms with Crippen LogP contribution in [0.2, 0.25) is 10.0 Å². The summed E-state index contributed by atoms with van der Waals surface area (Å²) >= 11 is 12.3. The monoisotopic (exact) mass is 539 g/mol. The van der Waals surface area contributed by atoms with Crippen LogP contribution < -0.4 is 11.2 Å². The molecule has 1 aliphatic rings. The van der Waals surface area contributed by atoms with E-state index >= 15 is 0 Å². The number of alkyl halides is 3. The number of rotatable bonds is 7. The van der Waals surface area contributed by atoms with E-state index in [0.29, 0.717) is 52.4 Å². The molecule has 1 saturated heterocycles. The van der Waals surface area contributed by atoms with E-state index in [4.69, 9.17) is 29.0 Å². The molecule has 1 aliphatic heterocycles. The Labute approximate surface area is 217 Å². The molecule has 2 heterocycles. The van der Waals surface area contributed by atoms with Crippen molar-refractivity contribution >= 4 is 40.6 Å². The van der Waals surface area contributed by atoms with E-state index in [1.807, 2.05) is 6.07 Å². The Balaban J connectivity index is 1.86. The molecule has 1 aromatic carbocycles. The molecule has 1 amide bonds. The summed E-state index contributed by atoms with van der Waals surface area (Å²) in [5, 5.41) is 7.58. The van der Waals surface area contributed by atoms with Crippen molar-refractivity contribution in [2.75, 3.05) is 25.0 Å². The highest BCUT2D eigenvalue weighted by Crippen LogP contribution is 2.36. The maximum atomic E-state index is 13.4. The number of aromatic nitrogens is 1. The first-order chi connectivity index (χ1) is 16.9. The topological polar surface area (TPSA) is 83.6 Å². The summed E-state index contributed by atoms with van der Waals surface area (Å²) in [6, 6.07) is 7.57. The van der Waals surface area contributed by atoms with Crippen molar-refractivity contribution in [2.45, 2.75) is 25.9 Å². The summed E-state index contributed by atoms with van der Waals surface area (Å²) in [6.45, 7) is 8.38. The Bertz CT molecular complexity index is 1200. The highest BCUT2D eigenvalue weighted by atomic mass is 35.5. The first kappa shape index (κ1) is 27.5. The number of pyridine rings is 1. The van der Waals surface area contributed by atoms with Gasteiger partial charge < -0.3 is 16.1 Å². The van der Waals surface area contributed by atoms with Gasteiger partial charge in [0.05, 0.1) is 26.9 Å². The van der Waals surface area contributed by atoms with Gasteiger partial charge in [0, 0.05) is 37.7 Å². The minimum absolute atomic E-state index is 0.100. The fourth-order valence-electron chi connectivity index (χ4n) is 4.07. The van der Waals surface area contributed by atoms with Crippen LogP contribution in [0.4, 0.5) is 19.0 Å². The van der Waals surface area contributed by atoms with Gasteiger partial charge in [0.2, 0.25) is 0 Å². The third-order valence-corrected chi connectivity index (χ3v) is 6.68. The number of nitrogens with zero attached hydrogens (tertiary/aromatic N) is 3. The summed E-state index contributed by atoms with van der Waals surface area (Å²) in [5.41, 5.74) is 1.46. The average molecular weight is 540 g/mol. The second kappa shape index (κ2) is 11.3. The second-order valence-electron chi connectivity index (χ2n) is 8.68. The molecule has 11 heteroatoms. The highest BCUT2D eigenvalue weighted by molar-refractivity contribution is 6.42. The Morgan fingerprint density at radius 3 is 2.53 bits per heavy atom. The van der Waals surface area contributed by atoms with Gasteiger partial charge in [0.1, 0.15) is 5.82 Å². The number of hydrogen-bond donors (Lipinski definition) is 2. The van der Waals surface area contributed by atoms with Gasteiger partial charge in [-0.25, -0.2) is 4.98 Å². The molecule has 192 valence electrons. The Morgan fingerprint density at radius 2 is 1.97 bits per heavy atom. The molecule has 0 spiro atoms. The SMILES string of the molecule is C=C(C)/C=C(C(=O)N1CC(CNc2ccc(C(F)(F)F)cn2)C(c2ccc(Cl)c(Cl)c2)C1)\C(C)=N/N. The lowest BCUT2D eigenvalue weighted by Gasteiger charge is -2.20. The number of nitrogens with one attached hydrogen (secondary N) is 1. The molecule has 6 nitrogen and oxygen atoms in total. The quantitative estimate of drug-likeness (QED) is 0.151. The number of likely N-dealkylation sites (tertiary alicyclic amines) is 1. The smallest absolute Gasteiger partial charge is 0.370 e. The third-order valence-electron chi connectivity index (χ3n) is 5.94. The van der Waals surface area contributed by atoms with Crippen LogP contribution in [0, 0.1) is 5.92 Å². The van der Waals surface area contributed by atoms with Crippen molar-refractivity contribution in [3.05, 3.63) is 81.5 Å². The van der Waals surface area contributed by atoms with E-state index in [1.165, 1.54) is 6.07 Å². The predicted molar refractivity (Wildman–Crippen MR) is 137 cm³/mol. The van der Waals surface area contributed by atoms with Crippen molar-refractivity contribution in [1.82, 2.24) is 9.88 Å². The molecule has 3 rings (SSSR count). The van der Waals surface area contributed by atoms with Crippen LogP contribution in [0.15, 0.2) is 65.4 Å². The maximum absolute atomic E-state index is 13.4.